The summed E-state index contributed by atoms with van der Waals surface area (Å²) >= 11 is 0. The predicted molar refractivity (Wildman–Crippen MR) is 104 cm³/mol. The zero-order valence-electron chi connectivity index (χ0n) is 16.0. The number of rotatable bonds is 6. The van der Waals surface area contributed by atoms with Crippen LogP contribution in [0.3, 0.4) is 0 Å². The summed E-state index contributed by atoms with van der Waals surface area (Å²) in [5, 5.41) is 0. The molecule has 1 saturated heterocycles. The van der Waals surface area contributed by atoms with Gasteiger partial charge >= 0.3 is 0 Å². The van der Waals surface area contributed by atoms with Crippen LogP contribution >= 0.6 is 0 Å². The molecule has 0 atom stereocenters. The van der Waals surface area contributed by atoms with Crippen LogP contribution in [0.1, 0.15) is 23.8 Å². The van der Waals surface area contributed by atoms with Gasteiger partial charge in [0, 0.05) is 32.4 Å². The van der Waals surface area contributed by atoms with E-state index in [1.165, 1.54) is 0 Å². The normalized spacial score (nSPS) is 14.3. The molecule has 1 aromatic carbocycles. The van der Waals surface area contributed by atoms with Crippen molar-refractivity contribution in [3.8, 4) is 11.5 Å². The molecule has 0 aliphatic carbocycles. The van der Waals surface area contributed by atoms with Crippen LogP contribution < -0.4 is 9.47 Å². The third kappa shape index (κ3) is 5.00. The van der Waals surface area contributed by atoms with E-state index in [4.69, 9.17) is 9.47 Å². The number of hydrogen-bond donors (Lipinski definition) is 0. The molecular weight excluding hydrogens is 358 g/mol. The lowest BCUT2D eigenvalue weighted by Gasteiger charge is -2.22. The van der Waals surface area contributed by atoms with Crippen LogP contribution in [0.2, 0.25) is 0 Å². The van der Waals surface area contributed by atoms with E-state index in [2.05, 4.69) is 4.98 Å². The molecule has 0 saturated carbocycles. The lowest BCUT2D eigenvalue weighted by Crippen LogP contribution is -2.39. The highest BCUT2D eigenvalue weighted by atomic mass is 16.5. The van der Waals surface area contributed by atoms with Gasteiger partial charge in [0.05, 0.1) is 6.61 Å². The summed E-state index contributed by atoms with van der Waals surface area (Å²) in [4.78, 5) is 32.8. The molecule has 0 bridgehead atoms. The second kappa shape index (κ2) is 9.73. The van der Waals surface area contributed by atoms with Crippen LogP contribution in [-0.4, -0.2) is 66.0 Å². The first-order valence-corrected chi connectivity index (χ1v) is 9.51. The smallest absolute Gasteiger partial charge is 0.272 e. The van der Waals surface area contributed by atoms with Crippen molar-refractivity contribution in [2.45, 2.75) is 13.3 Å². The number of aromatic nitrogens is 1. The van der Waals surface area contributed by atoms with Crippen molar-refractivity contribution < 1.29 is 19.1 Å². The second-order valence-electron chi connectivity index (χ2n) is 6.41. The minimum atomic E-state index is -0.100. The Kier molecular flexibility index (Phi) is 6.84. The van der Waals surface area contributed by atoms with Crippen LogP contribution in [-0.2, 0) is 4.79 Å². The van der Waals surface area contributed by atoms with Gasteiger partial charge in [-0.25, -0.2) is 0 Å². The van der Waals surface area contributed by atoms with E-state index in [0.717, 1.165) is 6.42 Å². The van der Waals surface area contributed by atoms with Gasteiger partial charge in [-0.15, -0.1) is 0 Å². The summed E-state index contributed by atoms with van der Waals surface area (Å²) in [6.45, 7) is 4.54. The lowest BCUT2D eigenvalue weighted by atomic mass is 10.3. The lowest BCUT2D eigenvalue weighted by molar-refractivity contribution is -0.133. The molecule has 7 heteroatoms. The standard InChI is InChI=1S/C21H25N3O4/c1-2-27-18-9-3-4-10-19(18)28-16-20(25)23-12-7-13-24(15-14-23)21(26)17-8-5-6-11-22-17/h3-6,8-11H,2,7,12-16H2,1H3. The molecule has 148 valence electrons. The van der Waals surface area contributed by atoms with Crippen molar-refractivity contribution in [1.82, 2.24) is 14.8 Å². The molecule has 3 rings (SSSR count). The van der Waals surface area contributed by atoms with Gasteiger partial charge in [0.2, 0.25) is 0 Å². The topological polar surface area (TPSA) is 72.0 Å². The average molecular weight is 383 g/mol. The Morgan fingerprint density at radius 1 is 0.929 bits per heavy atom. The minimum absolute atomic E-state index is 0.0573. The molecule has 0 radical (unpaired) electrons. The molecule has 2 amide bonds. The maximum Gasteiger partial charge on any atom is 0.272 e. The van der Waals surface area contributed by atoms with Gasteiger partial charge in [-0.05, 0) is 37.6 Å². The van der Waals surface area contributed by atoms with E-state index in [0.29, 0.717) is 50.0 Å². The Bertz CT molecular complexity index is 797. The molecule has 1 aliphatic rings. The highest BCUT2D eigenvalue weighted by molar-refractivity contribution is 5.92. The van der Waals surface area contributed by atoms with Gasteiger partial charge in [-0.2, -0.15) is 0 Å². The highest BCUT2D eigenvalue weighted by Crippen LogP contribution is 2.26. The Morgan fingerprint density at radius 2 is 1.61 bits per heavy atom. The maximum absolute atomic E-state index is 12.6. The molecule has 1 aliphatic heterocycles. The zero-order valence-corrected chi connectivity index (χ0v) is 16.0. The van der Waals surface area contributed by atoms with Crippen LogP contribution in [0.5, 0.6) is 11.5 Å². The Labute approximate surface area is 164 Å². The van der Waals surface area contributed by atoms with Crippen LogP contribution in [0.25, 0.3) is 0 Å². The first-order chi connectivity index (χ1) is 13.7. The molecule has 7 nitrogen and oxygen atoms in total. The van der Waals surface area contributed by atoms with Gasteiger partial charge in [0.1, 0.15) is 5.69 Å². The fourth-order valence-electron chi connectivity index (χ4n) is 3.10. The van der Waals surface area contributed by atoms with E-state index in [1.54, 1.807) is 40.3 Å². The van der Waals surface area contributed by atoms with Crippen molar-refractivity contribution in [3.05, 3.63) is 54.4 Å². The summed E-state index contributed by atoms with van der Waals surface area (Å²) in [6, 6.07) is 12.6. The number of para-hydroxylation sites is 2. The van der Waals surface area contributed by atoms with E-state index in [1.807, 2.05) is 25.1 Å². The van der Waals surface area contributed by atoms with Crippen molar-refractivity contribution in [3.63, 3.8) is 0 Å². The predicted octanol–water partition coefficient (Wildman–Crippen LogP) is 2.23. The summed E-state index contributed by atoms with van der Waals surface area (Å²) in [5.41, 5.74) is 0.429. The van der Waals surface area contributed by atoms with Crippen molar-refractivity contribution in [2.24, 2.45) is 0 Å². The number of amides is 2. The van der Waals surface area contributed by atoms with Crippen LogP contribution in [0.4, 0.5) is 0 Å². The van der Waals surface area contributed by atoms with E-state index in [9.17, 15) is 9.59 Å². The Balaban J connectivity index is 1.54. The fraction of sp³-hybridized carbons (Fsp3) is 0.381. The second-order valence-corrected chi connectivity index (χ2v) is 6.41. The number of carbonyl (C=O) groups excluding carboxylic acids is 2. The molecule has 0 N–H and O–H groups in total. The van der Waals surface area contributed by atoms with Gasteiger partial charge in [0.25, 0.3) is 11.8 Å². The van der Waals surface area contributed by atoms with Crippen LogP contribution in [0, 0.1) is 0 Å². The number of pyridine rings is 1. The van der Waals surface area contributed by atoms with E-state index >= 15 is 0 Å². The largest absolute Gasteiger partial charge is 0.490 e. The first kappa shape index (κ1) is 19.7. The van der Waals surface area contributed by atoms with E-state index < -0.39 is 0 Å². The highest BCUT2D eigenvalue weighted by Gasteiger charge is 2.23. The average Bonchev–Trinajstić information content (AvgIpc) is 2.99. The zero-order chi connectivity index (χ0) is 19.8. The number of nitrogens with zero attached hydrogens (tertiary/aromatic N) is 3. The molecule has 28 heavy (non-hydrogen) atoms. The first-order valence-electron chi connectivity index (χ1n) is 9.51. The van der Waals surface area contributed by atoms with Crippen molar-refractivity contribution in [2.75, 3.05) is 39.4 Å². The van der Waals surface area contributed by atoms with Crippen molar-refractivity contribution >= 4 is 11.8 Å². The van der Waals surface area contributed by atoms with E-state index in [-0.39, 0.29) is 18.4 Å². The molecule has 0 unspecified atom stereocenters. The number of carbonyl (C=O) groups is 2. The molecule has 1 aromatic heterocycles. The Hall–Kier alpha value is -3.09. The summed E-state index contributed by atoms with van der Waals surface area (Å²) in [5.74, 6) is 0.982. The molecular formula is C21H25N3O4. The van der Waals surface area contributed by atoms with Gasteiger partial charge < -0.3 is 19.3 Å². The van der Waals surface area contributed by atoms with Crippen LogP contribution in [0.15, 0.2) is 48.7 Å². The minimum Gasteiger partial charge on any atom is -0.490 e. The molecule has 2 aromatic rings. The summed E-state index contributed by atoms with van der Waals surface area (Å²) < 4.78 is 11.2. The van der Waals surface area contributed by atoms with Crippen molar-refractivity contribution in [1.29, 1.82) is 0 Å². The molecule has 0 spiro atoms. The quantitative estimate of drug-likeness (QED) is 0.765. The third-order valence-corrected chi connectivity index (χ3v) is 4.52. The summed E-state index contributed by atoms with van der Waals surface area (Å²) in [7, 11) is 0. The Morgan fingerprint density at radius 3 is 2.32 bits per heavy atom. The number of benzene rings is 1. The fourth-order valence-corrected chi connectivity index (χ4v) is 3.10. The third-order valence-electron chi connectivity index (χ3n) is 4.52. The van der Waals surface area contributed by atoms with Gasteiger partial charge in [-0.3, -0.25) is 14.6 Å². The molecule has 1 fully saturated rings. The van der Waals surface area contributed by atoms with Gasteiger partial charge in [-0.1, -0.05) is 18.2 Å². The monoisotopic (exact) mass is 383 g/mol. The summed E-state index contributed by atoms with van der Waals surface area (Å²) in [6.07, 6.45) is 2.33. The number of hydrogen-bond acceptors (Lipinski definition) is 5. The SMILES string of the molecule is CCOc1ccccc1OCC(=O)N1CCCN(C(=O)c2ccccn2)CC1. The molecule has 2 heterocycles. The number of ether oxygens (including phenoxy) is 2. The van der Waals surface area contributed by atoms with Gasteiger partial charge in [0.15, 0.2) is 18.1 Å². The maximum atomic E-state index is 12.6.